The summed E-state index contributed by atoms with van der Waals surface area (Å²) < 4.78 is 6.49. The quantitative estimate of drug-likeness (QED) is 0.102. The second-order valence-electron chi connectivity index (χ2n) is 16.1. The zero-order chi connectivity index (χ0) is 41.0. The van der Waals surface area contributed by atoms with Crippen LogP contribution in [0.15, 0.2) is 206 Å². The molecular weight excluding hydrogens is 756 g/mol. The lowest BCUT2D eigenvalue weighted by Gasteiger charge is -2.40. The second kappa shape index (κ2) is 19.8. The third kappa shape index (κ3) is 9.19. The number of hydrogen-bond donors (Lipinski definition) is 3. The SMILES string of the molecule is Clc1ccc(COC2CCCC2NC(c2ccccc2)(c2ccccc2)c2ccccc2)cc1.O[C@H]1CCC[C@@H]1NC(c1ccccc1)(c1ccccc1)c1ccccc1. The first-order chi connectivity index (χ1) is 29.6. The first-order valence-electron chi connectivity index (χ1n) is 21.5. The molecule has 2 saturated carbocycles. The molecule has 0 heterocycles. The molecule has 5 heteroatoms. The van der Waals surface area contributed by atoms with Crippen LogP contribution >= 0.6 is 11.6 Å². The van der Waals surface area contributed by atoms with E-state index in [-0.39, 0.29) is 24.3 Å². The van der Waals surface area contributed by atoms with E-state index in [1.807, 2.05) is 24.3 Å². The topological polar surface area (TPSA) is 53.5 Å². The van der Waals surface area contributed by atoms with Crippen molar-refractivity contribution in [2.24, 2.45) is 0 Å². The molecule has 7 aromatic carbocycles. The summed E-state index contributed by atoms with van der Waals surface area (Å²) >= 11 is 6.06. The Balaban J connectivity index is 0.000000172. The standard InChI is InChI=1S/C31H30ClNO.C24H25NO/c32-28-21-19-24(20-22-28)23-34-30-18-10-17-29(30)33-31(25-11-4-1-5-12-25,26-13-6-2-7-14-26)27-15-8-3-9-16-27;26-23-18-10-17-22(23)25-24(19-11-4-1-5-12-19,20-13-6-2-7-14-20)21-15-8-3-9-16-21/h1-9,11-16,19-22,29-30,33H,10,17-18,23H2;1-9,11-16,22-23,25-26H,10,17-18H2/t;22-,23-/m.0/s1. The van der Waals surface area contributed by atoms with Gasteiger partial charge in [0.05, 0.1) is 29.9 Å². The average molecular weight is 812 g/mol. The molecule has 304 valence electrons. The Morgan fingerprint density at radius 3 is 1.12 bits per heavy atom. The Bertz CT molecular complexity index is 2120. The number of aliphatic hydroxyl groups excluding tert-OH is 1. The minimum atomic E-state index is -0.486. The lowest BCUT2D eigenvalue weighted by molar-refractivity contribution is 0.0234. The zero-order valence-electron chi connectivity index (χ0n) is 34.1. The van der Waals surface area contributed by atoms with Crippen molar-refractivity contribution < 1.29 is 9.84 Å². The molecule has 4 nitrogen and oxygen atoms in total. The molecule has 0 aliphatic heterocycles. The van der Waals surface area contributed by atoms with E-state index in [1.165, 1.54) is 33.4 Å². The van der Waals surface area contributed by atoms with Crippen LogP contribution in [-0.4, -0.2) is 29.4 Å². The van der Waals surface area contributed by atoms with Gasteiger partial charge < -0.3 is 9.84 Å². The predicted octanol–water partition coefficient (Wildman–Crippen LogP) is 11.8. The maximum Gasteiger partial charge on any atom is 0.0950 e. The highest BCUT2D eigenvalue weighted by molar-refractivity contribution is 6.30. The minimum Gasteiger partial charge on any atom is -0.392 e. The normalized spacial score (nSPS) is 19.0. The molecule has 3 N–H and O–H groups in total. The van der Waals surface area contributed by atoms with Crippen molar-refractivity contribution in [2.45, 2.75) is 80.5 Å². The van der Waals surface area contributed by atoms with Gasteiger partial charge in [-0.05, 0) is 89.6 Å². The number of hydrogen-bond acceptors (Lipinski definition) is 4. The van der Waals surface area contributed by atoms with Gasteiger partial charge in [-0.25, -0.2) is 0 Å². The highest BCUT2D eigenvalue weighted by Gasteiger charge is 2.42. The maximum absolute atomic E-state index is 10.5. The predicted molar refractivity (Wildman–Crippen MR) is 246 cm³/mol. The van der Waals surface area contributed by atoms with E-state index in [4.69, 9.17) is 16.3 Å². The van der Waals surface area contributed by atoms with Crippen molar-refractivity contribution in [3.05, 3.63) is 250 Å². The summed E-state index contributed by atoms with van der Waals surface area (Å²) in [4.78, 5) is 0. The molecule has 2 fully saturated rings. The Morgan fingerprint density at radius 1 is 0.433 bits per heavy atom. The highest BCUT2D eigenvalue weighted by Crippen LogP contribution is 2.41. The molecule has 7 aromatic rings. The van der Waals surface area contributed by atoms with Gasteiger partial charge >= 0.3 is 0 Å². The van der Waals surface area contributed by atoms with Gasteiger partial charge in [0, 0.05) is 17.1 Å². The summed E-state index contributed by atoms with van der Waals surface area (Å²) in [7, 11) is 0. The van der Waals surface area contributed by atoms with Gasteiger partial charge in [0.15, 0.2) is 0 Å². The van der Waals surface area contributed by atoms with E-state index in [0.29, 0.717) is 6.61 Å². The molecule has 0 radical (unpaired) electrons. The second-order valence-corrected chi connectivity index (χ2v) is 16.5. The molecule has 0 spiro atoms. The summed E-state index contributed by atoms with van der Waals surface area (Å²) in [6.45, 7) is 0.592. The first kappa shape index (κ1) is 41.4. The summed E-state index contributed by atoms with van der Waals surface area (Å²) in [5, 5.41) is 19.3. The van der Waals surface area contributed by atoms with E-state index in [2.05, 4.69) is 193 Å². The molecule has 2 unspecified atom stereocenters. The van der Waals surface area contributed by atoms with Crippen LogP contribution in [0.1, 0.15) is 77.5 Å². The Labute approximate surface area is 361 Å². The number of ether oxygens (including phenoxy) is 1. The van der Waals surface area contributed by atoms with Crippen molar-refractivity contribution in [3.63, 3.8) is 0 Å². The third-order valence-corrected chi connectivity index (χ3v) is 12.6. The number of rotatable bonds is 13. The average Bonchev–Trinajstić information content (AvgIpc) is 3.96. The molecule has 0 aromatic heterocycles. The van der Waals surface area contributed by atoms with Crippen molar-refractivity contribution in [1.29, 1.82) is 0 Å². The third-order valence-electron chi connectivity index (χ3n) is 12.4. The van der Waals surface area contributed by atoms with Crippen LogP contribution in [0.25, 0.3) is 0 Å². The van der Waals surface area contributed by atoms with Crippen LogP contribution in [0, 0.1) is 0 Å². The fraction of sp³-hybridized carbons (Fsp3) is 0.236. The van der Waals surface area contributed by atoms with Gasteiger partial charge in [0.1, 0.15) is 0 Å². The Morgan fingerprint density at radius 2 is 0.767 bits per heavy atom. The number of nitrogens with one attached hydrogen (secondary N) is 2. The molecule has 60 heavy (non-hydrogen) atoms. The van der Waals surface area contributed by atoms with Crippen LogP contribution < -0.4 is 10.6 Å². The first-order valence-corrected chi connectivity index (χ1v) is 21.9. The van der Waals surface area contributed by atoms with Gasteiger partial charge in [-0.15, -0.1) is 0 Å². The molecule has 9 rings (SSSR count). The smallest absolute Gasteiger partial charge is 0.0950 e. The molecule has 4 atom stereocenters. The van der Waals surface area contributed by atoms with E-state index < -0.39 is 11.1 Å². The lowest BCUT2D eigenvalue weighted by Crippen LogP contribution is -2.52. The van der Waals surface area contributed by atoms with E-state index in [9.17, 15) is 5.11 Å². The summed E-state index contributed by atoms with van der Waals surface area (Å²) in [5.74, 6) is 0. The lowest BCUT2D eigenvalue weighted by atomic mass is 9.76. The van der Waals surface area contributed by atoms with Gasteiger partial charge in [0.2, 0.25) is 0 Å². The fourth-order valence-electron chi connectivity index (χ4n) is 9.37. The van der Waals surface area contributed by atoms with E-state index in [0.717, 1.165) is 49.1 Å². The number of halogens is 1. The molecule has 0 saturated heterocycles. The monoisotopic (exact) mass is 810 g/mol. The van der Waals surface area contributed by atoms with E-state index in [1.54, 1.807) is 0 Å². The van der Waals surface area contributed by atoms with Crippen molar-refractivity contribution in [1.82, 2.24) is 10.6 Å². The van der Waals surface area contributed by atoms with Crippen molar-refractivity contribution >= 4 is 11.6 Å². The van der Waals surface area contributed by atoms with Crippen LogP contribution in [0.2, 0.25) is 5.02 Å². The van der Waals surface area contributed by atoms with Crippen LogP contribution in [0.4, 0.5) is 0 Å². The molecule has 2 aliphatic carbocycles. The van der Waals surface area contributed by atoms with Crippen LogP contribution in [0.3, 0.4) is 0 Å². The number of benzene rings is 7. The Hall–Kier alpha value is -5.33. The molecule has 2 aliphatic rings. The Kier molecular flexibility index (Phi) is 13.7. The van der Waals surface area contributed by atoms with Gasteiger partial charge in [-0.2, -0.15) is 0 Å². The maximum atomic E-state index is 10.5. The zero-order valence-corrected chi connectivity index (χ0v) is 34.9. The molecule has 0 bridgehead atoms. The number of aliphatic hydroxyl groups is 1. The van der Waals surface area contributed by atoms with Gasteiger partial charge in [-0.1, -0.05) is 206 Å². The van der Waals surface area contributed by atoms with Gasteiger partial charge in [-0.3, -0.25) is 10.6 Å². The summed E-state index contributed by atoms with van der Waals surface area (Å²) in [5.41, 5.74) is 7.46. The van der Waals surface area contributed by atoms with Crippen LogP contribution in [0.5, 0.6) is 0 Å². The summed E-state index contributed by atoms with van der Waals surface area (Å²) in [6, 6.07) is 72.3. The van der Waals surface area contributed by atoms with E-state index >= 15 is 0 Å². The van der Waals surface area contributed by atoms with Gasteiger partial charge in [0.25, 0.3) is 0 Å². The minimum absolute atomic E-state index is 0.0793. The fourth-order valence-corrected chi connectivity index (χ4v) is 9.49. The van der Waals surface area contributed by atoms with Crippen molar-refractivity contribution in [2.75, 3.05) is 0 Å². The van der Waals surface area contributed by atoms with Crippen molar-refractivity contribution in [3.8, 4) is 0 Å². The largest absolute Gasteiger partial charge is 0.392 e. The highest BCUT2D eigenvalue weighted by atomic mass is 35.5. The summed E-state index contributed by atoms with van der Waals surface area (Å²) in [6.07, 6.45) is 6.06. The molecule has 0 amide bonds. The van der Waals surface area contributed by atoms with Crippen LogP contribution in [-0.2, 0) is 22.4 Å². The molecular formula is C55H55ClN2O2.